The Kier molecular flexibility index (Phi) is 4.27. The number of ether oxygens (including phenoxy) is 1. The zero-order valence-electron chi connectivity index (χ0n) is 11.9. The lowest BCUT2D eigenvalue weighted by atomic mass is 10.2. The second-order valence-electron chi connectivity index (χ2n) is 4.60. The highest BCUT2D eigenvalue weighted by molar-refractivity contribution is 5.93. The minimum absolute atomic E-state index is 0.276. The van der Waals surface area contributed by atoms with E-state index >= 15 is 0 Å². The Balaban J connectivity index is 2.15. The van der Waals surface area contributed by atoms with Crippen LogP contribution in [0.1, 0.15) is 13.0 Å². The number of benzene rings is 1. The van der Waals surface area contributed by atoms with E-state index in [0.29, 0.717) is 17.1 Å². The van der Waals surface area contributed by atoms with Crippen molar-refractivity contribution in [2.75, 3.05) is 18.2 Å². The molecule has 2 rings (SSSR count). The van der Waals surface area contributed by atoms with Gasteiger partial charge >= 0.3 is 0 Å². The maximum atomic E-state index is 12.2. The predicted octanol–water partition coefficient (Wildman–Crippen LogP) is 1.64. The highest BCUT2D eigenvalue weighted by Gasteiger charge is 2.16. The van der Waals surface area contributed by atoms with Crippen molar-refractivity contribution in [1.82, 2.24) is 4.57 Å². The molecule has 0 saturated heterocycles. The number of pyridine rings is 1. The standard InChI is InChI=1S/C15H17N3O3/c1-10(18-9-11(16)3-8-14(18)19)15(20)17-12-4-6-13(21-2)7-5-12/h3-10H,16H2,1-2H3,(H,17,20). The summed E-state index contributed by atoms with van der Waals surface area (Å²) >= 11 is 0. The lowest BCUT2D eigenvalue weighted by molar-refractivity contribution is -0.118. The number of nitrogens with one attached hydrogen (secondary N) is 1. The third kappa shape index (κ3) is 3.42. The normalized spacial score (nSPS) is 11.7. The van der Waals surface area contributed by atoms with Gasteiger partial charge < -0.3 is 20.4 Å². The van der Waals surface area contributed by atoms with Crippen molar-refractivity contribution in [3.63, 3.8) is 0 Å². The fourth-order valence-electron chi connectivity index (χ4n) is 1.87. The summed E-state index contributed by atoms with van der Waals surface area (Å²) in [5.74, 6) is 0.404. The maximum absolute atomic E-state index is 12.2. The van der Waals surface area contributed by atoms with Crippen molar-refractivity contribution in [3.8, 4) is 5.75 Å². The van der Waals surface area contributed by atoms with E-state index in [1.54, 1.807) is 38.3 Å². The molecular formula is C15H17N3O3. The summed E-state index contributed by atoms with van der Waals surface area (Å²) in [6.45, 7) is 1.64. The summed E-state index contributed by atoms with van der Waals surface area (Å²) in [5.41, 5.74) is 6.43. The van der Waals surface area contributed by atoms with Gasteiger partial charge in [-0.2, -0.15) is 0 Å². The average Bonchev–Trinajstić information content (AvgIpc) is 2.49. The number of methoxy groups -OCH3 is 1. The van der Waals surface area contributed by atoms with Gasteiger partial charge in [0.2, 0.25) is 5.91 Å². The van der Waals surface area contributed by atoms with Crippen molar-refractivity contribution >= 4 is 17.3 Å². The Bertz CT molecular complexity index is 692. The molecule has 2 aromatic rings. The van der Waals surface area contributed by atoms with Crippen molar-refractivity contribution in [3.05, 3.63) is 52.9 Å². The number of nitrogens with zero attached hydrogens (tertiary/aromatic N) is 1. The van der Waals surface area contributed by atoms with Crippen molar-refractivity contribution in [2.24, 2.45) is 0 Å². The van der Waals surface area contributed by atoms with Crippen LogP contribution in [0.25, 0.3) is 0 Å². The number of hydrogen-bond acceptors (Lipinski definition) is 4. The van der Waals surface area contributed by atoms with Gasteiger partial charge in [-0.3, -0.25) is 9.59 Å². The molecule has 0 aliphatic rings. The molecule has 0 spiro atoms. The van der Waals surface area contributed by atoms with E-state index in [1.165, 1.54) is 22.9 Å². The van der Waals surface area contributed by atoms with Crippen LogP contribution in [-0.4, -0.2) is 17.6 Å². The Hall–Kier alpha value is -2.76. The van der Waals surface area contributed by atoms with Crippen molar-refractivity contribution < 1.29 is 9.53 Å². The van der Waals surface area contributed by atoms with Crippen LogP contribution in [0.2, 0.25) is 0 Å². The number of amides is 1. The number of rotatable bonds is 4. The number of carbonyl (C=O) groups excluding carboxylic acids is 1. The lowest BCUT2D eigenvalue weighted by Crippen LogP contribution is -2.31. The highest BCUT2D eigenvalue weighted by atomic mass is 16.5. The maximum Gasteiger partial charge on any atom is 0.251 e. The summed E-state index contributed by atoms with van der Waals surface area (Å²) in [7, 11) is 1.57. The quantitative estimate of drug-likeness (QED) is 0.895. The Labute approximate surface area is 122 Å². The minimum Gasteiger partial charge on any atom is -0.497 e. The molecule has 110 valence electrons. The van der Waals surface area contributed by atoms with Crippen LogP contribution >= 0.6 is 0 Å². The molecule has 6 nitrogen and oxygen atoms in total. The molecule has 0 aliphatic heterocycles. The molecule has 0 radical (unpaired) electrons. The Morgan fingerprint density at radius 2 is 1.90 bits per heavy atom. The van der Waals surface area contributed by atoms with E-state index < -0.39 is 6.04 Å². The van der Waals surface area contributed by atoms with Gasteiger partial charge in [-0.15, -0.1) is 0 Å². The number of aromatic nitrogens is 1. The molecule has 0 saturated carbocycles. The molecule has 1 heterocycles. The second kappa shape index (κ2) is 6.13. The molecule has 1 unspecified atom stereocenters. The number of carbonyl (C=O) groups is 1. The van der Waals surface area contributed by atoms with E-state index in [1.807, 2.05) is 0 Å². The smallest absolute Gasteiger partial charge is 0.251 e. The van der Waals surface area contributed by atoms with E-state index in [9.17, 15) is 9.59 Å². The minimum atomic E-state index is -0.664. The zero-order chi connectivity index (χ0) is 15.4. The van der Waals surface area contributed by atoms with Crippen molar-refractivity contribution in [2.45, 2.75) is 13.0 Å². The van der Waals surface area contributed by atoms with Crippen LogP contribution in [0.4, 0.5) is 11.4 Å². The first-order valence-electron chi connectivity index (χ1n) is 6.44. The molecule has 21 heavy (non-hydrogen) atoms. The first-order chi connectivity index (χ1) is 10.0. The molecule has 3 N–H and O–H groups in total. The van der Waals surface area contributed by atoms with Gasteiger partial charge in [0.15, 0.2) is 0 Å². The van der Waals surface area contributed by atoms with E-state index in [-0.39, 0.29) is 11.5 Å². The fraction of sp³-hybridized carbons (Fsp3) is 0.200. The van der Waals surface area contributed by atoms with Gasteiger partial charge in [-0.25, -0.2) is 0 Å². The lowest BCUT2D eigenvalue weighted by Gasteiger charge is -2.15. The van der Waals surface area contributed by atoms with Gasteiger partial charge in [-0.05, 0) is 37.3 Å². The van der Waals surface area contributed by atoms with Crippen LogP contribution in [0, 0.1) is 0 Å². The largest absolute Gasteiger partial charge is 0.497 e. The zero-order valence-corrected chi connectivity index (χ0v) is 11.9. The summed E-state index contributed by atoms with van der Waals surface area (Å²) in [6, 6.07) is 9.12. The first-order valence-corrected chi connectivity index (χ1v) is 6.44. The number of anilines is 2. The molecule has 0 fully saturated rings. The molecule has 1 atom stereocenters. The predicted molar refractivity (Wildman–Crippen MR) is 81.4 cm³/mol. The van der Waals surface area contributed by atoms with Gasteiger partial charge in [0, 0.05) is 23.6 Å². The molecule has 1 aromatic heterocycles. The molecule has 1 amide bonds. The van der Waals surface area contributed by atoms with Crippen LogP contribution in [0.15, 0.2) is 47.4 Å². The van der Waals surface area contributed by atoms with Gasteiger partial charge in [0.05, 0.1) is 7.11 Å². The number of nitrogen functional groups attached to an aromatic ring is 1. The van der Waals surface area contributed by atoms with Crippen LogP contribution in [0.5, 0.6) is 5.75 Å². The van der Waals surface area contributed by atoms with E-state index in [2.05, 4.69) is 5.32 Å². The molecule has 6 heteroatoms. The summed E-state index contributed by atoms with van der Waals surface area (Å²) in [4.78, 5) is 24.0. The monoisotopic (exact) mass is 287 g/mol. The third-order valence-electron chi connectivity index (χ3n) is 3.12. The number of hydrogen-bond donors (Lipinski definition) is 2. The summed E-state index contributed by atoms with van der Waals surface area (Å²) < 4.78 is 6.35. The van der Waals surface area contributed by atoms with Gasteiger partial charge in [0.25, 0.3) is 5.56 Å². The highest BCUT2D eigenvalue weighted by Crippen LogP contribution is 2.16. The van der Waals surface area contributed by atoms with Crippen LogP contribution in [-0.2, 0) is 4.79 Å². The SMILES string of the molecule is COc1ccc(NC(=O)C(C)n2cc(N)ccc2=O)cc1. The van der Waals surface area contributed by atoms with E-state index in [4.69, 9.17) is 10.5 Å². The first kappa shape index (κ1) is 14.6. The van der Waals surface area contributed by atoms with Crippen LogP contribution < -0.4 is 21.3 Å². The second-order valence-corrected chi connectivity index (χ2v) is 4.60. The topological polar surface area (TPSA) is 86.3 Å². The Morgan fingerprint density at radius 3 is 2.52 bits per heavy atom. The van der Waals surface area contributed by atoms with Crippen molar-refractivity contribution in [1.29, 1.82) is 0 Å². The molecule has 1 aromatic carbocycles. The average molecular weight is 287 g/mol. The summed E-state index contributed by atoms with van der Waals surface area (Å²) in [5, 5.41) is 2.74. The number of nitrogens with two attached hydrogens (primary N) is 1. The van der Waals surface area contributed by atoms with Gasteiger partial charge in [0.1, 0.15) is 11.8 Å². The van der Waals surface area contributed by atoms with Crippen LogP contribution in [0.3, 0.4) is 0 Å². The fourth-order valence-corrected chi connectivity index (χ4v) is 1.87. The molecule has 0 bridgehead atoms. The molecular weight excluding hydrogens is 270 g/mol. The Morgan fingerprint density at radius 1 is 1.24 bits per heavy atom. The van der Waals surface area contributed by atoms with Gasteiger partial charge in [-0.1, -0.05) is 0 Å². The van der Waals surface area contributed by atoms with E-state index in [0.717, 1.165) is 0 Å². The third-order valence-corrected chi connectivity index (χ3v) is 3.12. The molecule has 0 aliphatic carbocycles. The summed E-state index contributed by atoms with van der Waals surface area (Å²) in [6.07, 6.45) is 1.46.